The van der Waals surface area contributed by atoms with Crippen LogP contribution in [0, 0.1) is 23.5 Å². The van der Waals surface area contributed by atoms with Crippen molar-refractivity contribution in [3.63, 3.8) is 0 Å². The number of carbonyl (C=O) groups is 1. The number of benzene rings is 2. The van der Waals surface area contributed by atoms with Gasteiger partial charge in [0.15, 0.2) is 5.82 Å². The maximum absolute atomic E-state index is 14.4. The molecule has 5 N–H and O–H groups in total. The van der Waals surface area contributed by atoms with Crippen LogP contribution in [0.4, 0.5) is 14.6 Å². The van der Waals surface area contributed by atoms with E-state index < -0.39 is 29.2 Å². The highest BCUT2D eigenvalue weighted by Gasteiger charge is 2.26. The minimum Gasteiger partial charge on any atom is -0.481 e. The summed E-state index contributed by atoms with van der Waals surface area (Å²) in [6.07, 6.45) is 1.58. The molecule has 0 unspecified atom stereocenters. The molecule has 6 rings (SSSR count). The smallest absolute Gasteiger partial charge is 0.225 e. The molecular weight excluding hydrogens is 652 g/mol. The van der Waals surface area contributed by atoms with E-state index in [1.807, 2.05) is 0 Å². The molecule has 6 aromatic rings. The standard InChI is InChI=1S/C36H32ClF2N7O3/c1-36(2,48)12-11-23-5-6-24(25-7-8-26(37)31-34(25)46(3)45-35(31)40)33(42-23)28(15-19-13-21(38)17-22(39)14-19)43-29(47)16-20-18-41-27-9-10-30(49-4)44-32(20)27/h5-10,13-14,17-18,28,41,48H,15-16H2,1-4H3,(H2,40,45)(H,43,47)/t28-/m0/s1. The predicted octanol–water partition coefficient (Wildman–Crippen LogP) is 5.80. The molecule has 49 heavy (non-hydrogen) atoms. The van der Waals surface area contributed by atoms with Crippen molar-refractivity contribution in [1.82, 2.24) is 30.0 Å². The van der Waals surface area contributed by atoms with Gasteiger partial charge < -0.3 is 25.9 Å². The average molecular weight is 684 g/mol. The second kappa shape index (κ2) is 13.2. The number of hydrogen-bond acceptors (Lipinski definition) is 7. The lowest BCUT2D eigenvalue weighted by Crippen LogP contribution is -2.32. The van der Waals surface area contributed by atoms with Crippen LogP contribution in [-0.2, 0) is 24.7 Å². The number of aliphatic hydroxyl groups is 1. The van der Waals surface area contributed by atoms with Gasteiger partial charge >= 0.3 is 0 Å². The Kier molecular flexibility index (Phi) is 8.98. The molecule has 0 saturated carbocycles. The summed E-state index contributed by atoms with van der Waals surface area (Å²) < 4.78 is 35.8. The van der Waals surface area contributed by atoms with Crippen molar-refractivity contribution < 1.29 is 23.4 Å². The number of carbonyl (C=O) groups excluding carboxylic acids is 1. The highest BCUT2D eigenvalue weighted by molar-refractivity contribution is 6.37. The Labute approximate surface area is 285 Å². The molecule has 0 aliphatic rings. The van der Waals surface area contributed by atoms with Gasteiger partial charge in [-0.3, -0.25) is 9.48 Å². The van der Waals surface area contributed by atoms with Crippen LogP contribution in [0.2, 0.25) is 5.02 Å². The molecule has 1 atom stereocenters. The number of ether oxygens (including phenoxy) is 1. The van der Waals surface area contributed by atoms with Gasteiger partial charge in [0.25, 0.3) is 0 Å². The number of anilines is 1. The number of amides is 1. The van der Waals surface area contributed by atoms with E-state index in [2.05, 4.69) is 32.2 Å². The third-order valence-corrected chi connectivity index (χ3v) is 8.15. The third kappa shape index (κ3) is 7.18. The van der Waals surface area contributed by atoms with Crippen LogP contribution in [0.5, 0.6) is 5.88 Å². The Balaban J connectivity index is 1.51. The number of nitrogens with two attached hydrogens (primary N) is 1. The van der Waals surface area contributed by atoms with Gasteiger partial charge in [0.2, 0.25) is 11.8 Å². The van der Waals surface area contributed by atoms with E-state index in [4.69, 9.17) is 27.1 Å². The molecule has 4 aromatic heterocycles. The topological polar surface area (TPSA) is 144 Å². The SMILES string of the molecule is COc1ccc2[nH]cc(CC(=O)N[C@@H](Cc3cc(F)cc(F)c3)c3nc(C#CC(C)(C)O)ccc3-c3ccc(Cl)c4c(N)nn(C)c34)c2n1. The number of aromatic nitrogens is 5. The summed E-state index contributed by atoms with van der Waals surface area (Å²) in [6, 6.07) is 12.7. The van der Waals surface area contributed by atoms with Gasteiger partial charge in [-0.2, -0.15) is 5.10 Å². The minimum atomic E-state index is -1.31. The zero-order chi connectivity index (χ0) is 35.0. The summed E-state index contributed by atoms with van der Waals surface area (Å²) in [4.78, 5) is 26.3. The minimum absolute atomic E-state index is 0.0347. The van der Waals surface area contributed by atoms with Gasteiger partial charge in [0, 0.05) is 42.1 Å². The number of hydrogen-bond donors (Lipinski definition) is 4. The zero-order valence-electron chi connectivity index (χ0n) is 27.0. The molecule has 0 aliphatic heterocycles. The van der Waals surface area contributed by atoms with Crippen molar-refractivity contribution in [3.05, 3.63) is 100.0 Å². The van der Waals surface area contributed by atoms with Crippen LogP contribution in [0.1, 0.15) is 42.4 Å². The van der Waals surface area contributed by atoms with Gasteiger partial charge in [-0.05, 0) is 68.2 Å². The Morgan fingerprint density at radius 2 is 1.86 bits per heavy atom. The quantitative estimate of drug-likeness (QED) is 0.149. The highest BCUT2D eigenvalue weighted by atomic mass is 35.5. The molecule has 250 valence electrons. The fourth-order valence-corrected chi connectivity index (χ4v) is 6.01. The van der Waals surface area contributed by atoms with Crippen molar-refractivity contribution in [1.29, 1.82) is 0 Å². The van der Waals surface area contributed by atoms with E-state index in [1.54, 1.807) is 68.2 Å². The third-order valence-electron chi connectivity index (χ3n) is 7.84. The Morgan fingerprint density at radius 3 is 2.57 bits per heavy atom. The average Bonchev–Trinajstić information content (AvgIpc) is 3.58. The van der Waals surface area contributed by atoms with Crippen molar-refractivity contribution in [2.75, 3.05) is 12.8 Å². The van der Waals surface area contributed by atoms with Gasteiger partial charge in [-0.15, -0.1) is 0 Å². The lowest BCUT2D eigenvalue weighted by molar-refractivity contribution is -0.121. The lowest BCUT2D eigenvalue weighted by atomic mass is 9.93. The number of nitrogen functional groups attached to an aromatic ring is 1. The number of rotatable bonds is 8. The Hall–Kier alpha value is -5.51. The number of halogens is 3. The molecule has 0 saturated heterocycles. The van der Waals surface area contributed by atoms with Crippen molar-refractivity contribution in [2.24, 2.45) is 7.05 Å². The van der Waals surface area contributed by atoms with E-state index in [-0.39, 0.29) is 24.2 Å². The summed E-state index contributed by atoms with van der Waals surface area (Å²) >= 11 is 6.55. The van der Waals surface area contributed by atoms with Gasteiger partial charge in [-0.25, -0.2) is 18.7 Å². The van der Waals surface area contributed by atoms with E-state index >= 15 is 0 Å². The molecular formula is C36H32ClF2N7O3. The molecule has 2 aromatic carbocycles. The van der Waals surface area contributed by atoms with Crippen molar-refractivity contribution in [3.8, 4) is 28.8 Å². The first-order valence-corrected chi connectivity index (χ1v) is 15.6. The predicted molar refractivity (Wildman–Crippen MR) is 184 cm³/mol. The fourth-order valence-electron chi connectivity index (χ4n) is 5.76. The lowest BCUT2D eigenvalue weighted by Gasteiger charge is -2.22. The molecule has 0 bridgehead atoms. The Bertz CT molecular complexity index is 2280. The number of nitrogens with one attached hydrogen (secondary N) is 2. The summed E-state index contributed by atoms with van der Waals surface area (Å²) in [5.74, 6) is 4.35. The van der Waals surface area contributed by atoms with Crippen molar-refractivity contribution in [2.45, 2.75) is 38.3 Å². The number of aromatic amines is 1. The first-order chi connectivity index (χ1) is 23.3. The fraction of sp³-hybridized carbons (Fsp3) is 0.222. The summed E-state index contributed by atoms with van der Waals surface area (Å²) in [7, 11) is 3.24. The first-order valence-electron chi connectivity index (χ1n) is 15.2. The number of aryl methyl sites for hydroxylation is 1. The summed E-state index contributed by atoms with van der Waals surface area (Å²) in [6.45, 7) is 3.09. The molecule has 1 amide bonds. The molecule has 0 fully saturated rings. The molecule has 0 spiro atoms. The monoisotopic (exact) mass is 683 g/mol. The van der Waals surface area contributed by atoms with E-state index in [9.17, 15) is 18.7 Å². The molecule has 0 radical (unpaired) electrons. The van der Waals surface area contributed by atoms with Crippen LogP contribution in [0.25, 0.3) is 33.1 Å². The van der Waals surface area contributed by atoms with E-state index in [1.165, 1.54) is 19.2 Å². The van der Waals surface area contributed by atoms with Crippen LogP contribution in [-0.4, -0.2) is 48.5 Å². The maximum atomic E-state index is 14.4. The summed E-state index contributed by atoms with van der Waals surface area (Å²) in [5, 5.41) is 18.6. The number of fused-ring (bicyclic) bond motifs is 2. The van der Waals surface area contributed by atoms with Crippen molar-refractivity contribution >= 4 is 45.3 Å². The normalized spacial score (nSPS) is 12.2. The van der Waals surface area contributed by atoms with E-state index in [0.29, 0.717) is 55.4 Å². The molecule has 0 aliphatic carbocycles. The first kappa shape index (κ1) is 33.4. The van der Waals surface area contributed by atoms with Crippen LogP contribution in [0.15, 0.2) is 60.8 Å². The molecule has 13 heteroatoms. The largest absolute Gasteiger partial charge is 0.481 e. The number of methoxy groups -OCH3 is 1. The molecule has 10 nitrogen and oxygen atoms in total. The number of nitrogens with zero attached hydrogens (tertiary/aromatic N) is 4. The molecule has 4 heterocycles. The maximum Gasteiger partial charge on any atom is 0.225 e. The van der Waals surface area contributed by atoms with Crippen LogP contribution < -0.4 is 15.8 Å². The van der Waals surface area contributed by atoms with Gasteiger partial charge in [-0.1, -0.05) is 23.6 Å². The van der Waals surface area contributed by atoms with Crippen LogP contribution >= 0.6 is 11.6 Å². The van der Waals surface area contributed by atoms with Gasteiger partial charge in [0.1, 0.15) is 22.9 Å². The Morgan fingerprint density at radius 1 is 1.12 bits per heavy atom. The highest BCUT2D eigenvalue weighted by Crippen LogP contribution is 2.39. The summed E-state index contributed by atoms with van der Waals surface area (Å²) in [5.41, 5.74) is 9.59. The second-order valence-electron chi connectivity index (χ2n) is 12.1. The number of H-pyrrole nitrogens is 1. The number of pyridine rings is 2. The second-order valence-corrected chi connectivity index (χ2v) is 12.5. The van der Waals surface area contributed by atoms with E-state index in [0.717, 1.165) is 11.6 Å². The van der Waals surface area contributed by atoms with Crippen LogP contribution in [0.3, 0.4) is 0 Å². The van der Waals surface area contributed by atoms with Gasteiger partial charge in [0.05, 0.1) is 52.2 Å². The zero-order valence-corrected chi connectivity index (χ0v) is 27.8.